The summed E-state index contributed by atoms with van der Waals surface area (Å²) in [6.45, 7) is 0.485. The molecule has 0 aliphatic heterocycles. The second-order valence-electron chi connectivity index (χ2n) is 7.49. The lowest BCUT2D eigenvalue weighted by molar-refractivity contribution is -0.137. The number of anilines is 1. The molecule has 0 unspecified atom stereocenters. The normalized spacial score (nSPS) is 11.5. The molecule has 166 valence electrons. The maximum absolute atomic E-state index is 11.8. The number of aromatic hydroxyl groups is 1. The lowest BCUT2D eigenvalue weighted by Gasteiger charge is -2.15. The summed E-state index contributed by atoms with van der Waals surface area (Å²) in [6.07, 6.45) is 1.64. The van der Waals surface area contributed by atoms with E-state index in [1.54, 1.807) is 18.2 Å². The smallest absolute Gasteiger partial charge is 0.326 e. The largest absolute Gasteiger partial charge is 0.508 e. The van der Waals surface area contributed by atoms with Gasteiger partial charge in [-0.1, -0.05) is 42.5 Å². The Morgan fingerprint density at radius 3 is 2.33 bits per heavy atom. The first-order chi connectivity index (χ1) is 16.1. The van der Waals surface area contributed by atoms with Gasteiger partial charge in [0.2, 0.25) is 0 Å². The quantitative estimate of drug-likeness (QED) is 0.350. The Labute approximate surface area is 191 Å². The molecule has 0 saturated carbocycles. The molecule has 33 heavy (non-hydrogen) atoms. The van der Waals surface area contributed by atoms with Crippen LogP contribution in [0.25, 0.3) is 11.3 Å². The van der Waals surface area contributed by atoms with Crippen molar-refractivity contribution in [2.75, 3.05) is 5.32 Å². The van der Waals surface area contributed by atoms with Gasteiger partial charge < -0.3 is 20.3 Å². The molecule has 0 spiro atoms. The molecule has 1 atom stereocenters. The summed E-state index contributed by atoms with van der Waals surface area (Å²) in [5.74, 6) is 0.295. The van der Waals surface area contributed by atoms with Gasteiger partial charge >= 0.3 is 5.97 Å². The third-order valence-electron chi connectivity index (χ3n) is 5.06. The molecule has 0 bridgehead atoms. The summed E-state index contributed by atoms with van der Waals surface area (Å²) in [5.41, 5.74) is 3.40. The maximum atomic E-state index is 11.8. The molecule has 0 saturated heterocycles. The van der Waals surface area contributed by atoms with Crippen molar-refractivity contribution in [3.05, 3.63) is 102 Å². The number of hydrogen-bond donors (Lipinski definition) is 3. The molecule has 0 fully saturated rings. The summed E-state index contributed by atoms with van der Waals surface area (Å²) in [7, 11) is 0. The van der Waals surface area contributed by atoms with Crippen LogP contribution in [-0.4, -0.2) is 32.2 Å². The first-order valence-corrected chi connectivity index (χ1v) is 10.4. The third-order valence-corrected chi connectivity index (χ3v) is 5.06. The maximum Gasteiger partial charge on any atom is 0.326 e. The van der Waals surface area contributed by atoms with Gasteiger partial charge in [-0.3, -0.25) is 0 Å². The molecular formula is C26H23N3O4. The predicted octanol–water partition coefficient (Wildman–Crippen LogP) is 4.54. The fourth-order valence-corrected chi connectivity index (χ4v) is 3.30. The fourth-order valence-electron chi connectivity index (χ4n) is 3.30. The van der Waals surface area contributed by atoms with E-state index in [1.165, 1.54) is 18.5 Å². The second kappa shape index (κ2) is 10.3. The minimum Gasteiger partial charge on any atom is -0.508 e. The van der Waals surface area contributed by atoms with Crippen LogP contribution in [0.1, 0.15) is 11.1 Å². The van der Waals surface area contributed by atoms with Crippen molar-refractivity contribution < 1.29 is 19.7 Å². The van der Waals surface area contributed by atoms with E-state index in [0.717, 1.165) is 22.4 Å². The zero-order chi connectivity index (χ0) is 23.0. The fraction of sp³-hybridized carbons (Fsp3) is 0.115. The first kappa shape index (κ1) is 21.8. The molecule has 3 aromatic carbocycles. The van der Waals surface area contributed by atoms with Crippen LogP contribution < -0.4 is 10.1 Å². The summed E-state index contributed by atoms with van der Waals surface area (Å²) in [6, 6.07) is 24.8. The van der Waals surface area contributed by atoms with Crippen molar-refractivity contribution >= 4 is 11.8 Å². The molecule has 0 aliphatic rings. The van der Waals surface area contributed by atoms with Crippen LogP contribution in [0, 0.1) is 0 Å². The highest BCUT2D eigenvalue weighted by Crippen LogP contribution is 2.23. The number of ether oxygens (including phenoxy) is 1. The van der Waals surface area contributed by atoms with Crippen LogP contribution in [0.2, 0.25) is 0 Å². The number of phenolic OH excluding ortho intramolecular Hbond substituents is 1. The van der Waals surface area contributed by atoms with Gasteiger partial charge in [-0.15, -0.1) is 0 Å². The molecule has 0 aliphatic carbocycles. The van der Waals surface area contributed by atoms with E-state index in [-0.39, 0.29) is 12.2 Å². The number of phenols is 1. The Morgan fingerprint density at radius 2 is 1.64 bits per heavy atom. The van der Waals surface area contributed by atoms with E-state index >= 15 is 0 Å². The topological polar surface area (TPSA) is 105 Å². The number of benzene rings is 3. The average Bonchev–Trinajstić information content (AvgIpc) is 2.85. The molecule has 0 amide bonds. The van der Waals surface area contributed by atoms with E-state index in [1.807, 2.05) is 54.6 Å². The lowest BCUT2D eigenvalue weighted by Crippen LogP contribution is -2.31. The second-order valence-corrected chi connectivity index (χ2v) is 7.49. The zero-order valence-electron chi connectivity index (χ0n) is 17.8. The molecule has 1 heterocycles. The molecule has 7 heteroatoms. The number of aliphatic carboxylic acids is 1. The van der Waals surface area contributed by atoms with Gasteiger partial charge in [0.25, 0.3) is 0 Å². The van der Waals surface area contributed by atoms with Crippen molar-refractivity contribution in [3.63, 3.8) is 0 Å². The zero-order valence-corrected chi connectivity index (χ0v) is 17.8. The van der Waals surface area contributed by atoms with Gasteiger partial charge in [0, 0.05) is 18.1 Å². The Morgan fingerprint density at radius 1 is 0.909 bits per heavy atom. The number of nitrogens with one attached hydrogen (secondary N) is 1. The van der Waals surface area contributed by atoms with Gasteiger partial charge in [0.05, 0.1) is 5.69 Å². The summed E-state index contributed by atoms with van der Waals surface area (Å²) in [5, 5.41) is 22.0. The Kier molecular flexibility index (Phi) is 6.80. The molecule has 1 aromatic heterocycles. The van der Waals surface area contributed by atoms with Gasteiger partial charge in [-0.25, -0.2) is 14.8 Å². The van der Waals surface area contributed by atoms with Crippen LogP contribution >= 0.6 is 0 Å². The highest BCUT2D eigenvalue weighted by Gasteiger charge is 2.19. The van der Waals surface area contributed by atoms with Crippen LogP contribution in [-0.2, 0) is 17.8 Å². The van der Waals surface area contributed by atoms with Gasteiger partial charge in [-0.2, -0.15) is 0 Å². The van der Waals surface area contributed by atoms with E-state index < -0.39 is 12.0 Å². The first-order valence-electron chi connectivity index (χ1n) is 10.4. The molecule has 3 N–H and O–H groups in total. The number of carboxylic acid groups (broad SMARTS) is 1. The number of aromatic nitrogens is 2. The number of carbonyl (C=O) groups is 1. The Bertz CT molecular complexity index is 1200. The predicted molar refractivity (Wildman–Crippen MR) is 125 cm³/mol. The van der Waals surface area contributed by atoms with E-state index in [0.29, 0.717) is 18.1 Å². The summed E-state index contributed by atoms with van der Waals surface area (Å²) >= 11 is 0. The number of rotatable bonds is 9. The standard InChI is InChI=1S/C26H23N3O4/c30-21-10-6-18(7-11-21)14-24(26(31)32)29-25-15-23(27-17-28-25)20-8-12-22(13-9-20)33-16-19-4-2-1-3-5-19/h1-13,15,17,24,30H,14,16H2,(H,31,32)(H,27,28,29)/t24-/m0/s1. The van der Waals surface area contributed by atoms with Gasteiger partial charge in [-0.05, 0) is 47.5 Å². The molecular weight excluding hydrogens is 418 g/mol. The van der Waals surface area contributed by atoms with Crippen LogP contribution in [0.4, 0.5) is 5.82 Å². The highest BCUT2D eigenvalue weighted by molar-refractivity contribution is 5.77. The third kappa shape index (κ3) is 6.07. The minimum absolute atomic E-state index is 0.135. The summed E-state index contributed by atoms with van der Waals surface area (Å²) < 4.78 is 5.82. The van der Waals surface area contributed by atoms with Crippen molar-refractivity contribution in [1.82, 2.24) is 9.97 Å². The number of carboxylic acids is 1. The van der Waals surface area contributed by atoms with Crippen LogP contribution in [0.3, 0.4) is 0 Å². The number of hydrogen-bond acceptors (Lipinski definition) is 6. The average molecular weight is 441 g/mol. The van der Waals surface area contributed by atoms with E-state index in [9.17, 15) is 15.0 Å². The Balaban J connectivity index is 1.43. The molecule has 0 radical (unpaired) electrons. The van der Waals surface area contributed by atoms with Crippen molar-refractivity contribution in [1.29, 1.82) is 0 Å². The minimum atomic E-state index is -0.997. The SMILES string of the molecule is O=C(O)[C@H](Cc1ccc(O)cc1)Nc1cc(-c2ccc(OCc3ccccc3)cc2)ncn1. The van der Waals surface area contributed by atoms with Crippen LogP contribution in [0.5, 0.6) is 11.5 Å². The molecule has 7 nitrogen and oxygen atoms in total. The summed E-state index contributed by atoms with van der Waals surface area (Å²) in [4.78, 5) is 20.2. The Hall–Kier alpha value is -4.39. The monoisotopic (exact) mass is 441 g/mol. The lowest BCUT2D eigenvalue weighted by atomic mass is 10.1. The van der Waals surface area contributed by atoms with E-state index in [2.05, 4.69) is 15.3 Å². The van der Waals surface area contributed by atoms with Crippen LogP contribution in [0.15, 0.2) is 91.3 Å². The number of nitrogens with zero attached hydrogens (tertiary/aromatic N) is 2. The van der Waals surface area contributed by atoms with E-state index in [4.69, 9.17) is 4.74 Å². The molecule has 4 rings (SSSR count). The highest BCUT2D eigenvalue weighted by atomic mass is 16.5. The molecule has 4 aromatic rings. The van der Waals surface area contributed by atoms with Crippen molar-refractivity contribution in [3.8, 4) is 22.8 Å². The van der Waals surface area contributed by atoms with Crippen molar-refractivity contribution in [2.45, 2.75) is 19.1 Å². The van der Waals surface area contributed by atoms with Gasteiger partial charge in [0.1, 0.15) is 36.3 Å². The van der Waals surface area contributed by atoms with Gasteiger partial charge in [0.15, 0.2) is 0 Å². The van der Waals surface area contributed by atoms with Crippen molar-refractivity contribution in [2.24, 2.45) is 0 Å².